The van der Waals surface area contributed by atoms with E-state index in [0.717, 1.165) is 16.7 Å². The molecule has 0 aliphatic carbocycles. The van der Waals surface area contributed by atoms with Gasteiger partial charge < -0.3 is 4.74 Å². The topological polar surface area (TPSA) is 46.6 Å². The van der Waals surface area contributed by atoms with Gasteiger partial charge in [-0.1, -0.05) is 78.9 Å². The van der Waals surface area contributed by atoms with Crippen molar-refractivity contribution in [2.75, 3.05) is 4.90 Å². The molecule has 1 amide bonds. The molecule has 4 rings (SSSR count). The van der Waals surface area contributed by atoms with Crippen LogP contribution in [0.5, 0.6) is 0 Å². The SMILES string of the molecule is O=C1O/C(=C(/Cc2ccccc2)c2ccccc2)N(c2ccccc2)C1=O. The molecule has 0 atom stereocenters. The minimum atomic E-state index is -0.865. The summed E-state index contributed by atoms with van der Waals surface area (Å²) in [5.41, 5.74) is 3.35. The number of anilines is 1. The highest BCUT2D eigenvalue weighted by Gasteiger charge is 2.40. The van der Waals surface area contributed by atoms with Gasteiger partial charge in [-0.25, -0.2) is 9.69 Å². The first-order valence-corrected chi connectivity index (χ1v) is 8.68. The fourth-order valence-corrected chi connectivity index (χ4v) is 3.11. The largest absolute Gasteiger partial charge is 0.404 e. The van der Waals surface area contributed by atoms with E-state index < -0.39 is 11.9 Å². The van der Waals surface area contributed by atoms with Crippen molar-refractivity contribution in [3.05, 3.63) is 108 Å². The van der Waals surface area contributed by atoms with E-state index in [1.807, 2.05) is 78.9 Å². The molecule has 1 aliphatic rings. The minimum Gasteiger partial charge on any atom is -0.401 e. The second-order valence-corrected chi connectivity index (χ2v) is 6.18. The molecule has 1 aliphatic heterocycles. The molecule has 0 radical (unpaired) electrons. The van der Waals surface area contributed by atoms with Crippen LogP contribution in [-0.4, -0.2) is 11.9 Å². The fraction of sp³-hybridized carbons (Fsp3) is 0.0435. The van der Waals surface area contributed by atoms with Crippen LogP contribution in [0.2, 0.25) is 0 Å². The zero-order valence-electron chi connectivity index (χ0n) is 14.5. The van der Waals surface area contributed by atoms with Gasteiger partial charge in [-0.2, -0.15) is 0 Å². The number of amides is 1. The molecule has 1 fully saturated rings. The van der Waals surface area contributed by atoms with E-state index in [4.69, 9.17) is 4.74 Å². The Morgan fingerprint density at radius 2 is 1.30 bits per heavy atom. The second-order valence-electron chi connectivity index (χ2n) is 6.18. The van der Waals surface area contributed by atoms with Crippen molar-refractivity contribution in [3.8, 4) is 0 Å². The Labute approximate surface area is 157 Å². The first kappa shape index (κ1) is 16.8. The highest BCUT2D eigenvalue weighted by atomic mass is 16.6. The Morgan fingerprint density at radius 1 is 0.741 bits per heavy atom. The molecular formula is C23H17NO3. The Bertz CT molecular complexity index is 996. The summed E-state index contributed by atoms with van der Waals surface area (Å²) in [5, 5.41) is 0. The third-order valence-electron chi connectivity index (χ3n) is 4.39. The summed E-state index contributed by atoms with van der Waals surface area (Å²) in [4.78, 5) is 26.0. The highest BCUT2D eigenvalue weighted by molar-refractivity contribution is 6.41. The van der Waals surface area contributed by atoms with Crippen molar-refractivity contribution < 1.29 is 14.3 Å². The van der Waals surface area contributed by atoms with E-state index in [-0.39, 0.29) is 5.88 Å². The number of cyclic esters (lactones) is 1. The maximum absolute atomic E-state index is 12.5. The first-order valence-electron chi connectivity index (χ1n) is 8.68. The van der Waals surface area contributed by atoms with E-state index >= 15 is 0 Å². The average Bonchev–Trinajstić information content (AvgIpc) is 3.02. The number of hydrogen-bond donors (Lipinski definition) is 0. The van der Waals surface area contributed by atoms with Gasteiger partial charge >= 0.3 is 11.9 Å². The maximum Gasteiger partial charge on any atom is 0.404 e. The van der Waals surface area contributed by atoms with E-state index in [1.54, 1.807) is 12.1 Å². The van der Waals surface area contributed by atoms with Crippen molar-refractivity contribution in [2.24, 2.45) is 0 Å². The number of esters is 1. The van der Waals surface area contributed by atoms with Crippen molar-refractivity contribution in [2.45, 2.75) is 6.42 Å². The van der Waals surface area contributed by atoms with E-state index in [0.29, 0.717) is 12.1 Å². The zero-order valence-corrected chi connectivity index (χ0v) is 14.5. The number of rotatable bonds is 4. The number of ether oxygens (including phenoxy) is 1. The monoisotopic (exact) mass is 355 g/mol. The van der Waals surface area contributed by atoms with Gasteiger partial charge in [0.05, 0.1) is 5.69 Å². The number of para-hydroxylation sites is 1. The number of hydrogen-bond acceptors (Lipinski definition) is 3. The summed E-state index contributed by atoms with van der Waals surface area (Å²) < 4.78 is 5.45. The Kier molecular flexibility index (Phi) is 4.54. The Hall–Kier alpha value is -3.66. The summed E-state index contributed by atoms with van der Waals surface area (Å²) >= 11 is 0. The van der Waals surface area contributed by atoms with Crippen LogP contribution in [0.15, 0.2) is 96.9 Å². The molecular weight excluding hydrogens is 338 g/mol. The summed E-state index contributed by atoms with van der Waals surface area (Å²) in [6, 6.07) is 28.6. The van der Waals surface area contributed by atoms with E-state index in [1.165, 1.54) is 4.90 Å². The minimum absolute atomic E-state index is 0.270. The normalized spacial score (nSPS) is 15.6. The lowest BCUT2D eigenvalue weighted by atomic mass is 9.98. The predicted molar refractivity (Wildman–Crippen MR) is 104 cm³/mol. The van der Waals surface area contributed by atoms with Crippen LogP contribution in [-0.2, 0) is 20.7 Å². The summed E-state index contributed by atoms with van der Waals surface area (Å²) in [6.45, 7) is 0. The number of carbonyl (C=O) groups excluding carboxylic acids is 2. The molecule has 3 aromatic carbocycles. The Balaban J connectivity index is 1.88. The van der Waals surface area contributed by atoms with E-state index in [9.17, 15) is 9.59 Å². The molecule has 0 saturated carbocycles. The third kappa shape index (κ3) is 3.37. The van der Waals surface area contributed by atoms with Crippen LogP contribution in [0, 0.1) is 0 Å². The number of nitrogens with zero attached hydrogens (tertiary/aromatic N) is 1. The zero-order chi connectivity index (χ0) is 18.6. The van der Waals surface area contributed by atoms with Crippen LogP contribution < -0.4 is 4.90 Å². The number of allylic oxidation sites excluding steroid dienone is 1. The lowest BCUT2D eigenvalue weighted by Gasteiger charge is -2.19. The van der Waals surface area contributed by atoms with Gasteiger partial charge in [-0.05, 0) is 23.3 Å². The lowest BCUT2D eigenvalue weighted by molar-refractivity contribution is -0.145. The molecule has 1 saturated heterocycles. The molecule has 0 spiro atoms. The molecule has 4 heteroatoms. The van der Waals surface area contributed by atoms with Crippen LogP contribution >= 0.6 is 0 Å². The predicted octanol–water partition coefficient (Wildman–Crippen LogP) is 4.19. The molecule has 1 heterocycles. The third-order valence-corrected chi connectivity index (χ3v) is 4.39. The molecule has 0 unspecified atom stereocenters. The molecule has 0 aromatic heterocycles. The molecule has 0 bridgehead atoms. The van der Waals surface area contributed by atoms with Crippen LogP contribution in [0.1, 0.15) is 11.1 Å². The first-order chi connectivity index (χ1) is 13.2. The van der Waals surface area contributed by atoms with Crippen molar-refractivity contribution in [3.63, 3.8) is 0 Å². The second kappa shape index (κ2) is 7.30. The van der Waals surface area contributed by atoms with Gasteiger partial charge in [0.15, 0.2) is 0 Å². The molecule has 132 valence electrons. The van der Waals surface area contributed by atoms with Gasteiger partial charge in [0.2, 0.25) is 5.88 Å². The number of carbonyl (C=O) groups is 2. The highest BCUT2D eigenvalue weighted by Crippen LogP contribution is 2.33. The van der Waals surface area contributed by atoms with Gasteiger partial charge in [-0.3, -0.25) is 4.79 Å². The Morgan fingerprint density at radius 3 is 1.93 bits per heavy atom. The summed E-state index contributed by atoms with van der Waals surface area (Å²) in [6.07, 6.45) is 0.532. The summed E-state index contributed by atoms with van der Waals surface area (Å²) in [5.74, 6) is -1.28. The van der Waals surface area contributed by atoms with Crippen LogP contribution in [0.3, 0.4) is 0 Å². The van der Waals surface area contributed by atoms with Gasteiger partial charge in [0.1, 0.15) is 0 Å². The molecule has 27 heavy (non-hydrogen) atoms. The average molecular weight is 355 g/mol. The van der Waals surface area contributed by atoms with E-state index in [2.05, 4.69) is 0 Å². The maximum atomic E-state index is 12.5. The molecule has 0 N–H and O–H groups in total. The van der Waals surface area contributed by atoms with Crippen molar-refractivity contribution in [1.29, 1.82) is 0 Å². The van der Waals surface area contributed by atoms with Crippen LogP contribution in [0.4, 0.5) is 5.69 Å². The molecule has 4 nitrogen and oxygen atoms in total. The number of benzene rings is 3. The van der Waals surface area contributed by atoms with Crippen molar-refractivity contribution in [1.82, 2.24) is 0 Å². The molecule has 3 aromatic rings. The smallest absolute Gasteiger partial charge is 0.401 e. The fourth-order valence-electron chi connectivity index (χ4n) is 3.11. The van der Waals surface area contributed by atoms with Gasteiger partial charge in [-0.15, -0.1) is 0 Å². The van der Waals surface area contributed by atoms with Crippen molar-refractivity contribution >= 4 is 23.1 Å². The van der Waals surface area contributed by atoms with Gasteiger partial charge in [0, 0.05) is 12.0 Å². The standard InChI is InChI=1S/C23H17NO3/c25-21-23(26)27-22(24(21)19-14-8-3-9-15-19)20(18-12-6-2-7-13-18)16-17-10-4-1-5-11-17/h1-15H,16H2/b22-20-. The van der Waals surface area contributed by atoms with Gasteiger partial charge in [0.25, 0.3) is 0 Å². The lowest BCUT2D eigenvalue weighted by Crippen LogP contribution is -2.26. The van der Waals surface area contributed by atoms with Crippen LogP contribution in [0.25, 0.3) is 5.57 Å². The quantitative estimate of drug-likeness (QED) is 0.521. The summed E-state index contributed by atoms with van der Waals surface area (Å²) in [7, 11) is 0.